The van der Waals surface area contributed by atoms with Crippen molar-refractivity contribution in [3.63, 3.8) is 0 Å². The minimum atomic E-state index is -3.23. The summed E-state index contributed by atoms with van der Waals surface area (Å²) in [5, 5.41) is 7.56. The molecule has 103 heavy (non-hydrogen) atoms. The average Bonchev–Trinajstić information content (AvgIpc) is 1.62. The van der Waals surface area contributed by atoms with E-state index < -0.39 is 36.0 Å². The summed E-state index contributed by atoms with van der Waals surface area (Å²) in [4.78, 5) is 121. The predicted octanol–water partition coefficient (Wildman–Crippen LogP) is 4.04. The van der Waals surface area contributed by atoms with E-state index in [4.69, 9.17) is 18.9 Å². The van der Waals surface area contributed by atoms with Gasteiger partial charge in [-0.3, -0.25) is 56.5 Å². The number of Topliss-reactive ketones (excluding diaryl/α,β-unsaturated/α-hetero) is 1. The number of esters is 2. The molecule has 0 aliphatic carbocycles. The van der Waals surface area contributed by atoms with E-state index in [0.717, 1.165) is 70.3 Å². The maximum absolute atomic E-state index is 12.0. The van der Waals surface area contributed by atoms with Gasteiger partial charge in [-0.2, -0.15) is 0 Å². The second-order valence-electron chi connectivity index (χ2n) is 29.5. The van der Waals surface area contributed by atoms with E-state index in [-0.39, 0.29) is 120 Å². The van der Waals surface area contributed by atoms with Crippen LogP contribution in [0.15, 0.2) is 42.0 Å². The minimum absolute atomic E-state index is 0. The van der Waals surface area contributed by atoms with Crippen LogP contribution in [0.4, 0.5) is 19.2 Å². The van der Waals surface area contributed by atoms with Gasteiger partial charge < -0.3 is 63.8 Å². The van der Waals surface area contributed by atoms with Crippen LogP contribution in [0.5, 0.6) is 0 Å². The Balaban J connectivity index is 0.00000122. The van der Waals surface area contributed by atoms with Crippen molar-refractivity contribution in [2.24, 2.45) is 11.7 Å². The first-order chi connectivity index (χ1) is 47.1. The Bertz CT molecular complexity index is 2960. The molecule has 32 nitrogen and oxygen atoms in total. The van der Waals surface area contributed by atoms with Crippen LogP contribution in [0, 0.1) is 0 Å². The average molecular weight is 1510 g/mol. The van der Waals surface area contributed by atoms with E-state index >= 15 is 0 Å². The molecule has 8 saturated heterocycles. The van der Waals surface area contributed by atoms with Gasteiger partial charge in [0.2, 0.25) is 17.7 Å². The zero-order valence-electron chi connectivity index (χ0n) is 65.3. The van der Waals surface area contributed by atoms with Gasteiger partial charge in [0.25, 0.3) is 0 Å². The molecule has 8 aliphatic heterocycles. The van der Waals surface area contributed by atoms with Gasteiger partial charge in [-0.15, -0.1) is 12.4 Å². The molecule has 0 bridgehead atoms. The molecule has 0 aromatic heterocycles. The van der Waals surface area contributed by atoms with Crippen molar-refractivity contribution < 1.29 is 121 Å². The van der Waals surface area contributed by atoms with Gasteiger partial charge in [0, 0.05) is 123 Å². The van der Waals surface area contributed by atoms with Crippen molar-refractivity contribution in [2.75, 3.05) is 107 Å². The predicted molar refractivity (Wildman–Crippen MR) is 385 cm³/mol. The van der Waals surface area contributed by atoms with E-state index in [0.29, 0.717) is 97.3 Å². The molecule has 9 rings (SSSR count). The molecule has 8 fully saturated rings. The summed E-state index contributed by atoms with van der Waals surface area (Å²) >= 11 is 0. The number of hydrogen-bond acceptors (Lipinski definition) is 25. The zero-order chi connectivity index (χ0) is 76.2. The Hall–Kier alpha value is -5.74. The summed E-state index contributed by atoms with van der Waals surface area (Å²) in [5.41, 5.74) is 11.8. The van der Waals surface area contributed by atoms with Crippen LogP contribution in [0.25, 0.3) is 0 Å². The molecule has 35 heteroatoms. The molecular weight excluding hydrogens is 1390 g/mol. The first kappa shape index (κ1) is 95.3. The molecule has 0 radical (unpaired) electrons. The summed E-state index contributed by atoms with van der Waals surface area (Å²) < 4.78 is 50.2. The number of likely N-dealkylation sites (tertiary alicyclic amines) is 4. The van der Waals surface area contributed by atoms with Gasteiger partial charge >= 0.3 is 73.5 Å². The number of amides is 7. The van der Waals surface area contributed by atoms with Crippen LogP contribution >= 0.6 is 20.0 Å². The number of ketones is 1. The number of nitrogens with one attached hydrogen (secondary N) is 5. The number of methoxy groups -OCH3 is 2. The Morgan fingerprint density at radius 1 is 0.544 bits per heavy atom. The molecule has 3 spiro atoms. The number of carbonyl (C=O) groups excluding carboxylic acids is 10. The number of piperidine rings is 5. The number of nitrogens with two attached hydrogens (primary N) is 2. The standard InChI is InChI=1S/C14H25N3O3.C14H19N3O.C13H21NO4.C12H21N3O3.C10H17NO3.C5H11O5P.ClH.H4N2.Na.H/c1-5-17-14(10-11(18)15-17)6-8-16(9-7-14)12(19)20-13(2,3)4;18-13-10-14(6-8-15-9-7-14)17(16-13)11-12-4-2-1-3-5-12;1-13(2,3)18-12(16)14-7-5-10(6-8-14)9-11(15)17-4;1-11(2,3)18-10(17)15-6-4-12(5-7-15)8-9(16)13-14-12;1-10(2,3)14-9(13)11-6-4-8(12)5-7-11;1-8-5(6)4-11(7,9-2)10-3;;1-2;;/h5-10H2,1-4H3,(H,15,18);1-5,15H,6-11H2,(H,16,18);9H,5-8H2,1-4H3;14H,4-8H2,1-3H3,(H,13,16);4-7H2,1-3H3;4H2,1-3H3;1H;1-2H2;;/q;;;;;;;;+1;-1. The molecule has 0 unspecified atom stereocenters. The smallest absolute Gasteiger partial charge is 1.00 e. The molecule has 7 amide bonds. The molecule has 8 aliphatic rings. The fraction of sp³-hybridized carbons (Fsp3) is 0.735. The van der Waals surface area contributed by atoms with Crippen molar-refractivity contribution >= 4 is 79.8 Å². The maximum Gasteiger partial charge on any atom is 1.00 e. The SMILES string of the molecule is CC(C)(C)OC(=O)N1CCC(=O)CC1.CC(C)(C)OC(=O)N1CCC2(CC1)CC(=O)NN2.CCN1NC(=O)CC12CCN(C(=O)OC(C)(C)C)CC2.COC(=O)C=C1CCN(C(=O)OC(C)(C)C)CC1.COC(=O)CP(=O)(OC)OC.Cl.NN.O=C1CC2(CCNCC2)N(Cc2ccccc2)N1.[H-].[Na+]. The first-order valence-electron chi connectivity index (χ1n) is 34.4. The Morgan fingerprint density at radius 2 is 0.932 bits per heavy atom. The number of hydrazine groups is 4. The van der Waals surface area contributed by atoms with Crippen LogP contribution in [0.1, 0.15) is 180 Å². The third-order valence-electron chi connectivity index (χ3n) is 17.0. The molecular formula is C68H120ClN13NaO19P. The molecule has 0 atom stereocenters. The van der Waals surface area contributed by atoms with E-state index in [2.05, 4.69) is 74.4 Å². The summed E-state index contributed by atoms with van der Waals surface area (Å²) in [7, 11) is 1.77. The zero-order valence-corrected chi connectivity index (χ0v) is 68.0. The number of hydrogen-bond donors (Lipinski definition) is 7. The second-order valence-corrected chi connectivity index (χ2v) is 31.8. The third-order valence-corrected chi connectivity index (χ3v) is 18.8. The quantitative estimate of drug-likeness (QED) is 0.0367. The normalized spacial score (nSPS) is 19.1. The Kier molecular flexibility index (Phi) is 40.5. The molecule has 584 valence electrons. The summed E-state index contributed by atoms with van der Waals surface area (Å²) in [6.07, 6.45) is 9.21. The molecule has 1 aromatic rings. The number of halogens is 1. The van der Waals surface area contributed by atoms with Gasteiger partial charge in [-0.25, -0.2) is 39.4 Å². The van der Waals surface area contributed by atoms with Crippen LogP contribution in [-0.2, 0) is 77.3 Å². The number of rotatable bonds is 8. The molecule has 9 N–H and O–H groups in total. The monoisotopic (exact) mass is 1510 g/mol. The number of ether oxygens (including phenoxy) is 6. The van der Waals surface area contributed by atoms with Gasteiger partial charge in [0.1, 0.15) is 34.3 Å². The van der Waals surface area contributed by atoms with Gasteiger partial charge in [0.15, 0.2) is 0 Å². The van der Waals surface area contributed by atoms with E-state index in [9.17, 15) is 52.5 Å². The van der Waals surface area contributed by atoms with Gasteiger partial charge in [-0.05, 0) is 153 Å². The summed E-state index contributed by atoms with van der Waals surface area (Å²) in [5.74, 6) is 7.55. The van der Waals surface area contributed by atoms with Crippen molar-refractivity contribution in [3.8, 4) is 0 Å². The Morgan fingerprint density at radius 3 is 1.30 bits per heavy atom. The minimum Gasteiger partial charge on any atom is -1.00 e. The van der Waals surface area contributed by atoms with Crippen molar-refractivity contribution in [3.05, 3.63) is 47.5 Å². The van der Waals surface area contributed by atoms with Crippen LogP contribution < -0.4 is 68.3 Å². The fourth-order valence-corrected chi connectivity index (χ4v) is 12.6. The van der Waals surface area contributed by atoms with Crippen molar-refractivity contribution in [1.82, 2.24) is 56.6 Å². The molecule has 0 saturated carbocycles. The third kappa shape index (κ3) is 34.1. The van der Waals surface area contributed by atoms with Crippen molar-refractivity contribution in [1.29, 1.82) is 0 Å². The second kappa shape index (κ2) is 43.8. The first-order valence-corrected chi connectivity index (χ1v) is 36.1. The largest absolute Gasteiger partial charge is 1.00 e. The van der Waals surface area contributed by atoms with Crippen LogP contribution in [-0.4, -0.2) is 235 Å². The van der Waals surface area contributed by atoms with E-state index in [1.807, 2.05) is 113 Å². The van der Waals surface area contributed by atoms with Crippen LogP contribution in [0.2, 0.25) is 0 Å². The molecule has 8 heterocycles. The van der Waals surface area contributed by atoms with Crippen LogP contribution in [0.3, 0.4) is 0 Å². The van der Waals surface area contributed by atoms with Gasteiger partial charge in [0.05, 0.1) is 25.3 Å². The summed E-state index contributed by atoms with van der Waals surface area (Å²) in [6.45, 7) is 32.5. The van der Waals surface area contributed by atoms with E-state index in [1.165, 1.54) is 40.1 Å². The topological polar surface area (TPSA) is 393 Å². The number of nitrogens with zero attached hydrogens (tertiary/aromatic N) is 6. The fourth-order valence-electron chi connectivity index (χ4n) is 11.7. The van der Waals surface area contributed by atoms with E-state index in [1.54, 1.807) is 19.6 Å². The van der Waals surface area contributed by atoms with Gasteiger partial charge in [-0.1, -0.05) is 42.8 Å². The summed E-state index contributed by atoms with van der Waals surface area (Å²) in [6, 6.07) is 10.3. The molecule has 1 aromatic carbocycles. The van der Waals surface area contributed by atoms with Crippen molar-refractivity contribution in [2.45, 2.75) is 219 Å². The number of carbonyl (C=O) groups is 10. The Labute approximate surface area is 638 Å². The maximum atomic E-state index is 12.0. The number of benzene rings is 1.